The number of pyridine rings is 1. The summed E-state index contributed by atoms with van der Waals surface area (Å²) in [6.07, 6.45) is 0.895. The second kappa shape index (κ2) is 11.5. The monoisotopic (exact) mass is 462 g/mol. The molecule has 1 unspecified atom stereocenters. The topological polar surface area (TPSA) is 87.2 Å². The van der Waals surface area contributed by atoms with E-state index in [0.29, 0.717) is 17.9 Å². The number of hydrogen-bond donors (Lipinski definition) is 2. The van der Waals surface area contributed by atoms with E-state index in [1.165, 1.54) is 0 Å². The highest BCUT2D eigenvalue weighted by atomic mass is 16.5. The molecule has 2 heterocycles. The Bertz CT molecular complexity index is 1070. The van der Waals surface area contributed by atoms with Crippen molar-refractivity contribution >= 4 is 11.6 Å². The maximum Gasteiger partial charge on any atom is 0.256 e. The Labute approximate surface area is 199 Å². The van der Waals surface area contributed by atoms with Gasteiger partial charge >= 0.3 is 0 Å². The summed E-state index contributed by atoms with van der Waals surface area (Å²) in [5.74, 6) is 1.36. The van der Waals surface area contributed by atoms with Crippen LogP contribution in [0.25, 0.3) is 0 Å². The SMILES string of the molecule is COc1ccccc1N1CCN(CC(O)CNC(=O)c2cccnc2Oc2ccccc2)CC1. The quantitative estimate of drug-likeness (QED) is 0.506. The van der Waals surface area contributed by atoms with Crippen molar-refractivity contribution in [3.8, 4) is 17.4 Å². The molecule has 3 aromatic rings. The first kappa shape index (κ1) is 23.5. The van der Waals surface area contributed by atoms with Gasteiger partial charge in [0.05, 0.1) is 18.9 Å². The van der Waals surface area contributed by atoms with E-state index in [4.69, 9.17) is 9.47 Å². The Kier molecular flexibility index (Phi) is 7.95. The Morgan fingerprint density at radius 2 is 1.76 bits per heavy atom. The van der Waals surface area contributed by atoms with Crippen LogP contribution in [0.4, 0.5) is 5.69 Å². The molecule has 0 saturated carbocycles. The molecule has 1 aromatic heterocycles. The summed E-state index contributed by atoms with van der Waals surface area (Å²) in [6.45, 7) is 3.96. The molecule has 4 rings (SSSR count). The molecule has 1 aliphatic rings. The average Bonchev–Trinajstić information content (AvgIpc) is 2.88. The molecule has 1 aliphatic heterocycles. The number of aliphatic hydroxyl groups is 1. The molecular formula is C26H30N4O4. The van der Waals surface area contributed by atoms with Crippen molar-refractivity contribution in [1.82, 2.24) is 15.2 Å². The highest BCUT2D eigenvalue weighted by Crippen LogP contribution is 2.28. The maximum atomic E-state index is 12.7. The van der Waals surface area contributed by atoms with Gasteiger partial charge in [-0.2, -0.15) is 0 Å². The van der Waals surface area contributed by atoms with Gasteiger partial charge < -0.3 is 24.8 Å². The molecule has 178 valence electrons. The van der Waals surface area contributed by atoms with Crippen LogP contribution >= 0.6 is 0 Å². The van der Waals surface area contributed by atoms with Gasteiger partial charge in [0.25, 0.3) is 5.91 Å². The average molecular weight is 463 g/mol. The van der Waals surface area contributed by atoms with Crippen LogP contribution in [0.5, 0.6) is 17.4 Å². The molecule has 0 spiro atoms. The molecule has 1 saturated heterocycles. The van der Waals surface area contributed by atoms with Gasteiger partial charge in [0.2, 0.25) is 5.88 Å². The second-order valence-corrected chi connectivity index (χ2v) is 8.09. The molecule has 1 atom stereocenters. The molecule has 0 bridgehead atoms. The molecule has 0 radical (unpaired) electrons. The molecule has 8 heteroatoms. The zero-order chi connectivity index (χ0) is 23.8. The van der Waals surface area contributed by atoms with Gasteiger partial charge in [-0.05, 0) is 36.4 Å². The zero-order valence-electron chi connectivity index (χ0n) is 19.3. The standard InChI is InChI=1S/C26H30N4O4/c1-33-24-12-6-5-11-23(24)30-16-14-29(15-17-30)19-20(31)18-28-25(32)22-10-7-13-27-26(22)34-21-8-3-2-4-9-21/h2-13,20,31H,14-19H2,1H3,(H,28,32). The number of anilines is 1. The van der Waals surface area contributed by atoms with Crippen molar-refractivity contribution in [3.05, 3.63) is 78.5 Å². The number of aliphatic hydroxyl groups excluding tert-OH is 1. The predicted molar refractivity (Wildman–Crippen MR) is 131 cm³/mol. The van der Waals surface area contributed by atoms with E-state index in [1.807, 2.05) is 36.4 Å². The van der Waals surface area contributed by atoms with Crippen molar-refractivity contribution in [3.63, 3.8) is 0 Å². The van der Waals surface area contributed by atoms with Gasteiger partial charge in [0, 0.05) is 45.5 Å². The summed E-state index contributed by atoms with van der Waals surface area (Å²) in [6, 6.07) is 20.5. The summed E-state index contributed by atoms with van der Waals surface area (Å²) in [5.41, 5.74) is 1.41. The normalized spacial score (nSPS) is 14.9. The van der Waals surface area contributed by atoms with Crippen molar-refractivity contribution in [2.75, 3.05) is 51.3 Å². The Morgan fingerprint density at radius 1 is 1.03 bits per heavy atom. The largest absolute Gasteiger partial charge is 0.495 e. The smallest absolute Gasteiger partial charge is 0.256 e. The summed E-state index contributed by atoms with van der Waals surface area (Å²) in [4.78, 5) is 21.4. The van der Waals surface area contributed by atoms with E-state index in [-0.39, 0.29) is 18.3 Å². The van der Waals surface area contributed by atoms with Crippen LogP contribution in [0.15, 0.2) is 72.9 Å². The molecule has 2 N–H and O–H groups in total. The van der Waals surface area contributed by atoms with E-state index in [0.717, 1.165) is 37.6 Å². The van der Waals surface area contributed by atoms with E-state index >= 15 is 0 Å². The van der Waals surface area contributed by atoms with Crippen LogP contribution in [0.3, 0.4) is 0 Å². The number of amides is 1. The van der Waals surface area contributed by atoms with Crippen LogP contribution in [-0.4, -0.2) is 73.4 Å². The number of β-amino-alcohol motifs (C(OH)–C–C–N with tert-alkyl or cyclic N) is 1. The summed E-state index contributed by atoms with van der Waals surface area (Å²) < 4.78 is 11.2. The van der Waals surface area contributed by atoms with Gasteiger partial charge in [0.15, 0.2) is 0 Å². The number of methoxy groups -OCH3 is 1. The Morgan fingerprint density at radius 3 is 2.53 bits per heavy atom. The highest BCUT2D eigenvalue weighted by Gasteiger charge is 2.22. The third-order valence-electron chi connectivity index (χ3n) is 5.74. The zero-order valence-corrected chi connectivity index (χ0v) is 19.3. The number of carbonyl (C=O) groups excluding carboxylic acids is 1. The number of ether oxygens (including phenoxy) is 2. The fourth-order valence-electron chi connectivity index (χ4n) is 3.98. The summed E-state index contributed by atoms with van der Waals surface area (Å²) >= 11 is 0. The molecule has 0 aliphatic carbocycles. The van der Waals surface area contributed by atoms with Crippen molar-refractivity contribution < 1.29 is 19.4 Å². The van der Waals surface area contributed by atoms with Crippen LogP contribution in [-0.2, 0) is 0 Å². The van der Waals surface area contributed by atoms with Crippen LogP contribution in [0.1, 0.15) is 10.4 Å². The number of para-hydroxylation sites is 3. The number of aromatic nitrogens is 1. The third kappa shape index (κ3) is 6.03. The van der Waals surface area contributed by atoms with E-state index < -0.39 is 6.10 Å². The maximum absolute atomic E-state index is 12.7. The van der Waals surface area contributed by atoms with Gasteiger partial charge in [0.1, 0.15) is 17.1 Å². The molecule has 1 amide bonds. The minimum absolute atomic E-state index is 0.144. The minimum atomic E-state index is -0.683. The number of rotatable bonds is 9. The van der Waals surface area contributed by atoms with E-state index in [2.05, 4.69) is 26.2 Å². The lowest BCUT2D eigenvalue weighted by Crippen LogP contribution is -2.50. The molecule has 2 aromatic carbocycles. The molecule has 34 heavy (non-hydrogen) atoms. The summed E-state index contributed by atoms with van der Waals surface area (Å²) in [5, 5.41) is 13.3. The first-order chi connectivity index (χ1) is 16.6. The lowest BCUT2D eigenvalue weighted by atomic mass is 10.2. The number of nitrogens with zero attached hydrogens (tertiary/aromatic N) is 3. The van der Waals surface area contributed by atoms with Gasteiger partial charge in [-0.3, -0.25) is 9.69 Å². The first-order valence-corrected chi connectivity index (χ1v) is 11.4. The van der Waals surface area contributed by atoms with Crippen LogP contribution in [0, 0.1) is 0 Å². The van der Waals surface area contributed by atoms with Gasteiger partial charge in [-0.15, -0.1) is 0 Å². The Hall–Kier alpha value is -3.62. The van der Waals surface area contributed by atoms with Crippen LogP contribution < -0.4 is 19.7 Å². The fourth-order valence-corrected chi connectivity index (χ4v) is 3.98. The minimum Gasteiger partial charge on any atom is -0.495 e. The van der Waals surface area contributed by atoms with Crippen molar-refractivity contribution in [2.24, 2.45) is 0 Å². The molecule has 8 nitrogen and oxygen atoms in total. The lowest BCUT2D eigenvalue weighted by Gasteiger charge is -2.37. The van der Waals surface area contributed by atoms with Crippen LogP contribution in [0.2, 0.25) is 0 Å². The summed E-state index contributed by atoms with van der Waals surface area (Å²) in [7, 11) is 1.68. The van der Waals surface area contributed by atoms with Crippen molar-refractivity contribution in [1.29, 1.82) is 0 Å². The molecule has 1 fully saturated rings. The third-order valence-corrected chi connectivity index (χ3v) is 5.74. The number of benzene rings is 2. The second-order valence-electron chi connectivity index (χ2n) is 8.09. The molecular weight excluding hydrogens is 432 g/mol. The number of hydrogen-bond acceptors (Lipinski definition) is 7. The number of piperazine rings is 1. The lowest BCUT2D eigenvalue weighted by molar-refractivity contribution is 0.0849. The fraction of sp³-hybridized carbons (Fsp3) is 0.308. The first-order valence-electron chi connectivity index (χ1n) is 11.4. The number of nitrogens with one attached hydrogen (secondary N) is 1. The Balaban J connectivity index is 1.26. The van der Waals surface area contributed by atoms with Gasteiger partial charge in [-0.25, -0.2) is 4.98 Å². The van der Waals surface area contributed by atoms with E-state index in [1.54, 1.807) is 37.6 Å². The predicted octanol–water partition coefficient (Wildman–Crippen LogP) is 2.80. The highest BCUT2D eigenvalue weighted by molar-refractivity contribution is 5.96. The van der Waals surface area contributed by atoms with Crippen molar-refractivity contribution in [2.45, 2.75) is 6.10 Å². The van der Waals surface area contributed by atoms with E-state index in [9.17, 15) is 9.90 Å². The van der Waals surface area contributed by atoms with Gasteiger partial charge in [-0.1, -0.05) is 30.3 Å². The number of carbonyl (C=O) groups is 1.